The molecular weight excluding hydrogens is 316 g/mol. The van der Waals surface area contributed by atoms with E-state index >= 15 is 0 Å². The standard InChI is InChI=1S/C20H24N2O3/c1-20(2,19(25)22(3)16-12-8-5-9-13-16)21-18(24)17(14-23)15-10-6-4-7-11-15/h4-13,17,23H,14H2,1-3H3,(H,21,24). The number of para-hydroxylation sites is 1. The van der Waals surface area contributed by atoms with Gasteiger partial charge in [0.15, 0.2) is 0 Å². The summed E-state index contributed by atoms with van der Waals surface area (Å²) < 4.78 is 0. The molecule has 0 saturated carbocycles. The largest absolute Gasteiger partial charge is 0.395 e. The van der Waals surface area contributed by atoms with E-state index < -0.39 is 11.5 Å². The zero-order valence-corrected chi connectivity index (χ0v) is 14.8. The Morgan fingerprint density at radius 2 is 1.56 bits per heavy atom. The van der Waals surface area contributed by atoms with Crippen LogP contribution in [0.1, 0.15) is 25.3 Å². The van der Waals surface area contributed by atoms with Crippen LogP contribution in [0.3, 0.4) is 0 Å². The molecule has 0 aliphatic carbocycles. The Kier molecular flexibility index (Phi) is 5.93. The zero-order chi connectivity index (χ0) is 18.4. The topological polar surface area (TPSA) is 69.6 Å². The van der Waals surface area contributed by atoms with Crippen LogP contribution in [0, 0.1) is 0 Å². The number of hydrogen-bond acceptors (Lipinski definition) is 3. The summed E-state index contributed by atoms with van der Waals surface area (Å²) in [6.07, 6.45) is 0. The van der Waals surface area contributed by atoms with E-state index in [9.17, 15) is 14.7 Å². The van der Waals surface area contributed by atoms with Crippen LogP contribution in [0.15, 0.2) is 60.7 Å². The molecule has 2 aromatic rings. The molecule has 0 spiro atoms. The molecule has 5 heteroatoms. The lowest BCUT2D eigenvalue weighted by Gasteiger charge is -2.31. The number of carbonyl (C=O) groups excluding carboxylic acids is 2. The van der Waals surface area contributed by atoms with Crippen LogP contribution >= 0.6 is 0 Å². The number of likely N-dealkylation sites (N-methyl/N-ethyl adjacent to an activating group) is 1. The molecule has 0 aliphatic heterocycles. The van der Waals surface area contributed by atoms with E-state index in [-0.39, 0.29) is 18.4 Å². The number of rotatable bonds is 6. The molecule has 2 rings (SSSR count). The Morgan fingerprint density at radius 1 is 1.04 bits per heavy atom. The summed E-state index contributed by atoms with van der Waals surface area (Å²) in [5.41, 5.74) is 0.350. The predicted molar refractivity (Wildman–Crippen MR) is 98.3 cm³/mol. The first kappa shape index (κ1) is 18.7. The van der Waals surface area contributed by atoms with Crippen LogP contribution in [0.4, 0.5) is 5.69 Å². The number of anilines is 1. The van der Waals surface area contributed by atoms with Gasteiger partial charge in [0.05, 0.1) is 12.5 Å². The second kappa shape index (κ2) is 7.94. The smallest absolute Gasteiger partial charge is 0.251 e. The van der Waals surface area contributed by atoms with Gasteiger partial charge < -0.3 is 15.3 Å². The number of carbonyl (C=O) groups is 2. The second-order valence-corrected chi connectivity index (χ2v) is 6.46. The molecule has 0 bridgehead atoms. The maximum atomic E-state index is 12.8. The molecule has 5 nitrogen and oxygen atoms in total. The fraction of sp³-hybridized carbons (Fsp3) is 0.300. The summed E-state index contributed by atoms with van der Waals surface area (Å²) in [4.78, 5) is 26.9. The summed E-state index contributed by atoms with van der Waals surface area (Å²) in [5, 5.41) is 12.4. The van der Waals surface area contributed by atoms with Crippen molar-refractivity contribution in [2.75, 3.05) is 18.6 Å². The maximum absolute atomic E-state index is 12.8. The molecule has 1 unspecified atom stereocenters. The summed E-state index contributed by atoms with van der Waals surface area (Å²) in [5.74, 6) is -1.33. The van der Waals surface area contributed by atoms with Crippen molar-refractivity contribution < 1.29 is 14.7 Å². The van der Waals surface area contributed by atoms with E-state index in [1.807, 2.05) is 48.5 Å². The van der Waals surface area contributed by atoms with Crippen LogP contribution < -0.4 is 10.2 Å². The predicted octanol–water partition coefficient (Wildman–Crippen LogP) is 2.32. The molecule has 2 aromatic carbocycles. The molecule has 132 valence electrons. The van der Waals surface area contributed by atoms with Gasteiger partial charge in [-0.2, -0.15) is 0 Å². The Morgan fingerprint density at radius 3 is 2.08 bits per heavy atom. The van der Waals surface area contributed by atoms with Crippen LogP contribution in [0.2, 0.25) is 0 Å². The lowest BCUT2D eigenvalue weighted by molar-refractivity contribution is -0.131. The molecule has 0 aromatic heterocycles. The first-order valence-electron chi connectivity index (χ1n) is 8.18. The van der Waals surface area contributed by atoms with Gasteiger partial charge in [0.25, 0.3) is 5.91 Å². The van der Waals surface area contributed by atoms with E-state index in [4.69, 9.17) is 0 Å². The van der Waals surface area contributed by atoms with Gasteiger partial charge in [0.1, 0.15) is 5.54 Å². The van der Waals surface area contributed by atoms with Crippen molar-refractivity contribution in [3.05, 3.63) is 66.2 Å². The van der Waals surface area contributed by atoms with Gasteiger partial charge in [-0.25, -0.2) is 0 Å². The molecular formula is C20H24N2O3. The molecule has 0 fully saturated rings. The van der Waals surface area contributed by atoms with Gasteiger partial charge in [0, 0.05) is 12.7 Å². The van der Waals surface area contributed by atoms with E-state index in [0.29, 0.717) is 5.56 Å². The first-order chi connectivity index (χ1) is 11.9. The summed E-state index contributed by atoms with van der Waals surface area (Å²) in [7, 11) is 1.67. The molecule has 0 radical (unpaired) electrons. The highest BCUT2D eigenvalue weighted by Crippen LogP contribution is 2.19. The maximum Gasteiger partial charge on any atom is 0.251 e. The highest BCUT2D eigenvalue weighted by molar-refractivity contribution is 6.02. The van der Waals surface area contributed by atoms with Crippen molar-refractivity contribution in [2.24, 2.45) is 0 Å². The lowest BCUT2D eigenvalue weighted by Crippen LogP contribution is -2.56. The lowest BCUT2D eigenvalue weighted by atomic mass is 9.96. The molecule has 2 N–H and O–H groups in total. The minimum absolute atomic E-state index is 0.239. The minimum atomic E-state index is -1.11. The third-order valence-corrected chi connectivity index (χ3v) is 4.12. The van der Waals surface area contributed by atoms with Crippen LogP contribution in [-0.4, -0.2) is 36.1 Å². The SMILES string of the molecule is CN(C(=O)C(C)(C)NC(=O)C(CO)c1ccccc1)c1ccccc1. The van der Waals surface area contributed by atoms with Gasteiger partial charge in [-0.15, -0.1) is 0 Å². The summed E-state index contributed by atoms with van der Waals surface area (Å²) in [6, 6.07) is 18.3. The number of aliphatic hydroxyl groups is 1. The van der Waals surface area contributed by atoms with Crippen molar-refractivity contribution in [3.8, 4) is 0 Å². The van der Waals surface area contributed by atoms with Gasteiger partial charge >= 0.3 is 0 Å². The fourth-order valence-electron chi connectivity index (χ4n) is 2.66. The van der Waals surface area contributed by atoms with Crippen LogP contribution in [0.25, 0.3) is 0 Å². The fourth-order valence-corrected chi connectivity index (χ4v) is 2.66. The normalized spacial score (nSPS) is 12.3. The average molecular weight is 340 g/mol. The van der Waals surface area contributed by atoms with E-state index in [1.54, 1.807) is 33.0 Å². The quantitative estimate of drug-likeness (QED) is 0.848. The van der Waals surface area contributed by atoms with Crippen molar-refractivity contribution in [1.82, 2.24) is 5.32 Å². The monoisotopic (exact) mass is 340 g/mol. The van der Waals surface area contributed by atoms with E-state index in [0.717, 1.165) is 5.69 Å². The highest BCUT2D eigenvalue weighted by atomic mass is 16.3. The van der Waals surface area contributed by atoms with E-state index in [1.165, 1.54) is 4.90 Å². The van der Waals surface area contributed by atoms with E-state index in [2.05, 4.69) is 5.32 Å². The molecule has 0 saturated heterocycles. The van der Waals surface area contributed by atoms with Crippen molar-refractivity contribution >= 4 is 17.5 Å². The summed E-state index contributed by atoms with van der Waals surface area (Å²) >= 11 is 0. The number of benzene rings is 2. The minimum Gasteiger partial charge on any atom is -0.395 e. The van der Waals surface area contributed by atoms with Gasteiger partial charge in [-0.1, -0.05) is 48.5 Å². The van der Waals surface area contributed by atoms with Crippen molar-refractivity contribution in [2.45, 2.75) is 25.3 Å². The second-order valence-electron chi connectivity index (χ2n) is 6.46. The number of nitrogens with one attached hydrogen (secondary N) is 1. The van der Waals surface area contributed by atoms with Crippen molar-refractivity contribution in [1.29, 1.82) is 0 Å². The van der Waals surface area contributed by atoms with Crippen LogP contribution in [0.5, 0.6) is 0 Å². The Balaban J connectivity index is 2.13. The number of nitrogens with zero attached hydrogens (tertiary/aromatic N) is 1. The first-order valence-corrected chi connectivity index (χ1v) is 8.18. The third kappa shape index (κ3) is 4.45. The highest BCUT2D eigenvalue weighted by Gasteiger charge is 2.34. The molecule has 0 aliphatic rings. The van der Waals surface area contributed by atoms with Gasteiger partial charge in [-0.3, -0.25) is 9.59 Å². The number of amides is 2. The molecule has 0 heterocycles. The number of aliphatic hydroxyl groups excluding tert-OH is 1. The van der Waals surface area contributed by atoms with Gasteiger partial charge in [-0.05, 0) is 31.5 Å². The Bertz CT molecular complexity index is 714. The molecule has 2 amide bonds. The number of hydrogen-bond donors (Lipinski definition) is 2. The zero-order valence-electron chi connectivity index (χ0n) is 14.8. The Labute approximate surface area is 148 Å². The average Bonchev–Trinajstić information content (AvgIpc) is 2.62. The Hall–Kier alpha value is -2.66. The summed E-state index contributed by atoms with van der Waals surface area (Å²) in [6.45, 7) is 2.99. The van der Waals surface area contributed by atoms with Crippen LogP contribution in [-0.2, 0) is 9.59 Å². The third-order valence-electron chi connectivity index (χ3n) is 4.12. The molecule has 25 heavy (non-hydrogen) atoms. The van der Waals surface area contributed by atoms with Gasteiger partial charge in [0.2, 0.25) is 5.91 Å². The molecule has 1 atom stereocenters. The van der Waals surface area contributed by atoms with Crippen molar-refractivity contribution in [3.63, 3.8) is 0 Å².